The van der Waals surface area contributed by atoms with Gasteiger partial charge in [-0.1, -0.05) is 12.8 Å². The summed E-state index contributed by atoms with van der Waals surface area (Å²) in [5.41, 5.74) is 3.11. The quantitative estimate of drug-likeness (QED) is 0.862. The minimum absolute atomic E-state index is 0.0518. The minimum atomic E-state index is -0.0518. The van der Waals surface area contributed by atoms with Gasteiger partial charge in [0.05, 0.1) is 13.2 Å². The number of carbonyl (C=O) groups is 1. The highest BCUT2D eigenvalue weighted by molar-refractivity contribution is 5.93. The Morgan fingerprint density at radius 1 is 1.04 bits per heavy atom. The molecule has 5 nitrogen and oxygen atoms in total. The minimum Gasteiger partial charge on any atom is -0.461 e. The number of benzene rings is 1. The zero-order valence-corrected chi connectivity index (χ0v) is 14.0. The van der Waals surface area contributed by atoms with Gasteiger partial charge in [-0.25, -0.2) is 4.79 Å². The molecule has 5 heteroatoms. The van der Waals surface area contributed by atoms with Crippen LogP contribution in [-0.4, -0.2) is 37.2 Å². The van der Waals surface area contributed by atoms with Crippen LogP contribution in [0.25, 0.3) is 11.0 Å². The number of hydrogen-bond acceptors (Lipinski definition) is 3. The number of nitrogens with one attached hydrogen (secondary N) is 1. The summed E-state index contributed by atoms with van der Waals surface area (Å²) < 4.78 is 11.4. The Labute approximate surface area is 141 Å². The lowest BCUT2D eigenvalue weighted by Crippen LogP contribution is -2.43. The van der Waals surface area contributed by atoms with Gasteiger partial charge in [0.25, 0.3) is 0 Å². The van der Waals surface area contributed by atoms with Crippen molar-refractivity contribution in [3.8, 4) is 0 Å². The normalized spacial score (nSPS) is 18.8. The van der Waals surface area contributed by atoms with Crippen LogP contribution in [0.2, 0.25) is 0 Å². The molecule has 1 aliphatic heterocycles. The third-order valence-electron chi connectivity index (χ3n) is 5.00. The summed E-state index contributed by atoms with van der Waals surface area (Å²) in [4.78, 5) is 14.2. The molecule has 0 atom stereocenters. The molecule has 2 aliphatic rings. The topological polar surface area (TPSA) is 54.7 Å². The van der Waals surface area contributed by atoms with E-state index in [1.165, 1.54) is 31.2 Å². The molecule has 1 aromatic heterocycles. The van der Waals surface area contributed by atoms with E-state index in [4.69, 9.17) is 9.15 Å². The predicted octanol–water partition coefficient (Wildman–Crippen LogP) is 3.96. The lowest BCUT2D eigenvalue weighted by atomic mass is 9.97. The molecule has 4 rings (SSSR count). The summed E-state index contributed by atoms with van der Waals surface area (Å²) in [5.74, 6) is 1.14. The van der Waals surface area contributed by atoms with Gasteiger partial charge in [0.15, 0.2) is 0 Å². The van der Waals surface area contributed by atoms with Crippen molar-refractivity contribution in [2.45, 2.75) is 38.5 Å². The lowest BCUT2D eigenvalue weighted by molar-refractivity contribution is 0.0564. The number of rotatable bonds is 1. The average Bonchev–Trinajstić information content (AvgIpc) is 2.91. The second-order valence-corrected chi connectivity index (χ2v) is 6.66. The molecule has 0 unspecified atom stereocenters. The molecular weight excluding hydrogens is 304 g/mol. The van der Waals surface area contributed by atoms with Crippen molar-refractivity contribution in [3.63, 3.8) is 0 Å². The number of furan rings is 1. The first-order valence-electron chi connectivity index (χ1n) is 8.99. The number of carbonyl (C=O) groups excluding carboxylic acids is 1. The van der Waals surface area contributed by atoms with E-state index in [0.717, 1.165) is 35.3 Å². The van der Waals surface area contributed by atoms with Crippen LogP contribution in [-0.2, 0) is 17.6 Å². The highest BCUT2D eigenvalue weighted by Crippen LogP contribution is 2.32. The van der Waals surface area contributed by atoms with E-state index in [2.05, 4.69) is 11.4 Å². The molecular formula is C19H24N2O3. The molecule has 2 aromatic rings. The number of anilines is 1. The Bertz CT molecular complexity index is 732. The molecule has 1 aliphatic carbocycles. The molecule has 1 N–H and O–H groups in total. The number of fused-ring (bicyclic) bond motifs is 3. The van der Waals surface area contributed by atoms with Crippen molar-refractivity contribution in [1.29, 1.82) is 0 Å². The van der Waals surface area contributed by atoms with Crippen LogP contribution in [0.3, 0.4) is 0 Å². The molecule has 1 saturated heterocycles. The molecule has 1 aromatic carbocycles. The van der Waals surface area contributed by atoms with Gasteiger partial charge in [0, 0.05) is 36.1 Å². The average molecular weight is 328 g/mol. The fourth-order valence-electron chi connectivity index (χ4n) is 3.66. The maximum Gasteiger partial charge on any atom is 0.321 e. The van der Waals surface area contributed by atoms with Crippen LogP contribution in [0.4, 0.5) is 10.5 Å². The maximum atomic E-state index is 12.4. The number of aryl methyl sites for hydroxylation is 2. The summed E-state index contributed by atoms with van der Waals surface area (Å²) in [6.07, 6.45) is 7.10. The molecule has 2 heterocycles. The lowest BCUT2D eigenvalue weighted by Gasteiger charge is -2.26. The molecule has 0 spiro atoms. The molecule has 0 bridgehead atoms. The Morgan fingerprint density at radius 2 is 1.83 bits per heavy atom. The highest BCUT2D eigenvalue weighted by atomic mass is 16.5. The Morgan fingerprint density at radius 3 is 2.67 bits per heavy atom. The third kappa shape index (κ3) is 3.13. The fourth-order valence-corrected chi connectivity index (χ4v) is 3.66. The first-order chi connectivity index (χ1) is 11.8. The van der Waals surface area contributed by atoms with Crippen molar-refractivity contribution in [2.24, 2.45) is 0 Å². The standard InChI is InChI=1S/C19H24N2O3/c22-19(21-9-11-23-12-10-21)20-14-7-8-18-16(13-14)15-5-3-1-2-4-6-17(15)24-18/h7-8,13H,1-6,9-12H2,(H,20,22). The van der Waals surface area contributed by atoms with Crippen LogP contribution in [0.5, 0.6) is 0 Å². The summed E-state index contributed by atoms with van der Waals surface area (Å²) >= 11 is 0. The van der Waals surface area contributed by atoms with Gasteiger partial charge < -0.3 is 19.4 Å². The molecule has 0 radical (unpaired) electrons. The molecule has 0 saturated carbocycles. The Kier molecular flexibility index (Phi) is 4.43. The molecule has 24 heavy (non-hydrogen) atoms. The maximum absolute atomic E-state index is 12.4. The smallest absolute Gasteiger partial charge is 0.321 e. The second-order valence-electron chi connectivity index (χ2n) is 6.66. The van der Waals surface area contributed by atoms with Crippen molar-refractivity contribution in [3.05, 3.63) is 29.5 Å². The van der Waals surface area contributed by atoms with Gasteiger partial charge in [0.1, 0.15) is 11.3 Å². The largest absolute Gasteiger partial charge is 0.461 e. The van der Waals surface area contributed by atoms with E-state index >= 15 is 0 Å². The molecule has 2 amide bonds. The van der Waals surface area contributed by atoms with Gasteiger partial charge in [-0.05, 0) is 37.5 Å². The SMILES string of the molecule is O=C(Nc1ccc2oc3c(c2c1)CCCCCC3)N1CCOCC1. The Hall–Kier alpha value is -2.01. The third-order valence-corrected chi connectivity index (χ3v) is 5.00. The molecule has 128 valence electrons. The van der Waals surface area contributed by atoms with Gasteiger partial charge in [-0.15, -0.1) is 0 Å². The first kappa shape index (κ1) is 15.5. The van der Waals surface area contributed by atoms with Crippen LogP contribution in [0.15, 0.2) is 22.6 Å². The fraction of sp³-hybridized carbons (Fsp3) is 0.526. The van der Waals surface area contributed by atoms with Crippen molar-refractivity contribution in [1.82, 2.24) is 4.90 Å². The van der Waals surface area contributed by atoms with Crippen LogP contribution in [0.1, 0.15) is 37.0 Å². The van der Waals surface area contributed by atoms with Gasteiger partial charge in [-0.2, -0.15) is 0 Å². The zero-order chi connectivity index (χ0) is 16.4. The van der Waals surface area contributed by atoms with E-state index in [0.29, 0.717) is 26.3 Å². The Balaban J connectivity index is 1.58. The number of ether oxygens (including phenoxy) is 1. The van der Waals surface area contributed by atoms with Crippen molar-refractivity contribution >= 4 is 22.7 Å². The second kappa shape index (κ2) is 6.85. The predicted molar refractivity (Wildman–Crippen MR) is 93.5 cm³/mol. The van der Waals surface area contributed by atoms with Crippen LogP contribution >= 0.6 is 0 Å². The summed E-state index contributed by atoms with van der Waals surface area (Å²) in [7, 11) is 0. The van der Waals surface area contributed by atoms with Crippen LogP contribution in [0, 0.1) is 0 Å². The first-order valence-corrected chi connectivity index (χ1v) is 8.99. The van der Waals surface area contributed by atoms with E-state index in [9.17, 15) is 4.79 Å². The highest BCUT2D eigenvalue weighted by Gasteiger charge is 2.19. The van der Waals surface area contributed by atoms with Crippen molar-refractivity contribution in [2.75, 3.05) is 31.6 Å². The molecule has 1 fully saturated rings. The summed E-state index contributed by atoms with van der Waals surface area (Å²) in [6.45, 7) is 2.52. The van der Waals surface area contributed by atoms with E-state index in [1.54, 1.807) is 4.90 Å². The van der Waals surface area contributed by atoms with E-state index in [-0.39, 0.29) is 6.03 Å². The van der Waals surface area contributed by atoms with E-state index in [1.807, 2.05) is 12.1 Å². The number of nitrogens with zero attached hydrogens (tertiary/aromatic N) is 1. The van der Waals surface area contributed by atoms with Crippen molar-refractivity contribution < 1.29 is 13.9 Å². The summed E-state index contributed by atoms with van der Waals surface area (Å²) in [6, 6.07) is 5.92. The van der Waals surface area contributed by atoms with E-state index < -0.39 is 0 Å². The summed E-state index contributed by atoms with van der Waals surface area (Å²) in [5, 5.41) is 4.18. The van der Waals surface area contributed by atoms with Crippen LogP contribution < -0.4 is 5.32 Å². The number of amides is 2. The number of hydrogen-bond donors (Lipinski definition) is 1. The number of morpholine rings is 1. The van der Waals surface area contributed by atoms with Gasteiger partial charge >= 0.3 is 6.03 Å². The zero-order valence-electron chi connectivity index (χ0n) is 14.0. The van der Waals surface area contributed by atoms with Gasteiger partial charge in [-0.3, -0.25) is 0 Å². The van der Waals surface area contributed by atoms with Gasteiger partial charge in [0.2, 0.25) is 0 Å². The monoisotopic (exact) mass is 328 g/mol. The number of urea groups is 1.